The number of nitrogens with one attached hydrogen (secondary N) is 2. The molecule has 6 nitrogen and oxygen atoms in total. The lowest BCUT2D eigenvalue weighted by atomic mass is 9.95. The van der Waals surface area contributed by atoms with Crippen LogP contribution in [0.15, 0.2) is 42.6 Å². The predicted octanol–water partition coefficient (Wildman–Crippen LogP) is 2.00. The lowest BCUT2D eigenvalue weighted by molar-refractivity contribution is 0.0910. The highest BCUT2D eigenvalue weighted by Gasteiger charge is 2.29. The molecule has 2 N–H and O–H groups in total. The van der Waals surface area contributed by atoms with Crippen LogP contribution in [0.5, 0.6) is 0 Å². The van der Waals surface area contributed by atoms with Crippen LogP contribution in [0.3, 0.4) is 0 Å². The number of carbonyl (C=O) groups is 1. The molecule has 2 atom stereocenters. The molecule has 2 heterocycles. The Hall–Kier alpha value is -2.34. The summed E-state index contributed by atoms with van der Waals surface area (Å²) in [6.07, 6.45) is 2.74. The fraction of sp³-hybridized carbons (Fsp3) is 0.412. The first-order valence-corrected chi connectivity index (χ1v) is 7.89. The zero-order chi connectivity index (χ0) is 16.1. The molecule has 6 heteroatoms. The van der Waals surface area contributed by atoms with E-state index in [4.69, 9.17) is 4.74 Å². The number of carbonyl (C=O) groups excluding carboxylic acids is 1. The van der Waals surface area contributed by atoms with E-state index in [9.17, 15) is 4.79 Å². The summed E-state index contributed by atoms with van der Waals surface area (Å²) in [5.41, 5.74) is 2.14. The topological polar surface area (TPSA) is 68.2 Å². The fourth-order valence-electron chi connectivity index (χ4n) is 2.89. The number of benzene rings is 1. The van der Waals surface area contributed by atoms with Crippen LogP contribution in [0.2, 0.25) is 0 Å². The molecule has 0 aliphatic carbocycles. The van der Waals surface area contributed by atoms with Crippen molar-refractivity contribution in [3.63, 3.8) is 0 Å². The van der Waals surface area contributed by atoms with E-state index in [-0.39, 0.29) is 12.1 Å². The van der Waals surface area contributed by atoms with Gasteiger partial charge in [-0.2, -0.15) is 5.10 Å². The molecular weight excluding hydrogens is 292 g/mol. The van der Waals surface area contributed by atoms with Crippen molar-refractivity contribution in [1.29, 1.82) is 0 Å². The Morgan fingerprint density at radius 2 is 2.13 bits per heavy atom. The maximum atomic E-state index is 12.0. The highest BCUT2D eigenvalue weighted by Crippen LogP contribution is 2.33. The summed E-state index contributed by atoms with van der Waals surface area (Å²) in [7, 11) is 1.86. The van der Waals surface area contributed by atoms with Crippen LogP contribution in [0.4, 0.5) is 4.79 Å². The average molecular weight is 314 g/mol. The first-order valence-electron chi connectivity index (χ1n) is 7.89. The minimum atomic E-state index is -0.162. The summed E-state index contributed by atoms with van der Waals surface area (Å²) >= 11 is 0. The monoisotopic (exact) mass is 314 g/mol. The van der Waals surface area contributed by atoms with E-state index < -0.39 is 0 Å². The smallest absolute Gasteiger partial charge is 0.315 e. The SMILES string of the molecule is Cn1nccc1CNC(=O)NC[C@@H]1CCO[C@H]1c1ccccc1. The summed E-state index contributed by atoms with van der Waals surface area (Å²) in [6, 6.07) is 11.9. The van der Waals surface area contributed by atoms with Crippen molar-refractivity contribution in [2.45, 2.75) is 19.1 Å². The third kappa shape index (κ3) is 3.90. The van der Waals surface area contributed by atoms with E-state index in [0.717, 1.165) is 18.7 Å². The van der Waals surface area contributed by atoms with Crippen LogP contribution < -0.4 is 10.6 Å². The molecule has 0 unspecified atom stereocenters. The third-order valence-corrected chi connectivity index (χ3v) is 4.22. The molecule has 1 aliphatic rings. The van der Waals surface area contributed by atoms with Crippen LogP contribution in [-0.2, 0) is 18.3 Å². The zero-order valence-electron chi connectivity index (χ0n) is 13.2. The molecule has 0 bridgehead atoms. The molecule has 3 rings (SSSR count). The van der Waals surface area contributed by atoms with Crippen LogP contribution in [0.1, 0.15) is 23.8 Å². The van der Waals surface area contributed by atoms with Crippen molar-refractivity contribution in [2.24, 2.45) is 13.0 Å². The van der Waals surface area contributed by atoms with Gasteiger partial charge in [0.05, 0.1) is 18.3 Å². The Morgan fingerprint density at radius 3 is 2.87 bits per heavy atom. The van der Waals surface area contributed by atoms with Crippen molar-refractivity contribution in [1.82, 2.24) is 20.4 Å². The second-order valence-electron chi connectivity index (χ2n) is 5.76. The Labute approximate surface area is 135 Å². The Morgan fingerprint density at radius 1 is 1.30 bits per heavy atom. The molecule has 2 aromatic rings. The lowest BCUT2D eigenvalue weighted by Crippen LogP contribution is -2.38. The van der Waals surface area contributed by atoms with Gasteiger partial charge in [-0.1, -0.05) is 30.3 Å². The first kappa shape index (κ1) is 15.6. The number of urea groups is 1. The minimum Gasteiger partial charge on any atom is -0.373 e. The minimum absolute atomic E-state index is 0.0635. The summed E-state index contributed by atoms with van der Waals surface area (Å²) < 4.78 is 7.58. The molecule has 1 aliphatic heterocycles. The molecule has 0 saturated carbocycles. The molecule has 23 heavy (non-hydrogen) atoms. The van der Waals surface area contributed by atoms with E-state index in [1.54, 1.807) is 10.9 Å². The van der Waals surface area contributed by atoms with E-state index in [2.05, 4.69) is 27.9 Å². The van der Waals surface area contributed by atoms with E-state index >= 15 is 0 Å². The number of aryl methyl sites for hydroxylation is 1. The van der Waals surface area contributed by atoms with Gasteiger partial charge in [0.1, 0.15) is 0 Å². The normalized spacial score (nSPS) is 20.4. The van der Waals surface area contributed by atoms with Gasteiger partial charge in [-0.25, -0.2) is 4.79 Å². The number of amides is 2. The first-order chi connectivity index (χ1) is 11.2. The Balaban J connectivity index is 1.47. The molecule has 0 spiro atoms. The van der Waals surface area contributed by atoms with Gasteiger partial charge in [0.25, 0.3) is 0 Å². The van der Waals surface area contributed by atoms with Gasteiger partial charge in [0.2, 0.25) is 0 Å². The molecule has 0 radical (unpaired) electrons. The van der Waals surface area contributed by atoms with Crippen molar-refractivity contribution < 1.29 is 9.53 Å². The standard InChI is InChI=1S/C17H22N4O2/c1-21-15(7-9-20-21)12-19-17(22)18-11-14-8-10-23-16(14)13-5-3-2-4-6-13/h2-7,9,14,16H,8,10-12H2,1H3,(H2,18,19,22)/t14-,16-/m0/s1. The number of nitrogens with zero attached hydrogens (tertiary/aromatic N) is 2. The molecule has 1 fully saturated rings. The van der Waals surface area contributed by atoms with Crippen LogP contribution in [0, 0.1) is 5.92 Å². The van der Waals surface area contributed by atoms with Gasteiger partial charge in [-0.15, -0.1) is 0 Å². The lowest BCUT2D eigenvalue weighted by Gasteiger charge is -2.19. The maximum absolute atomic E-state index is 12.0. The van der Waals surface area contributed by atoms with E-state index in [1.807, 2.05) is 31.3 Å². The van der Waals surface area contributed by atoms with Gasteiger partial charge < -0.3 is 15.4 Å². The second-order valence-corrected chi connectivity index (χ2v) is 5.76. The fourth-order valence-corrected chi connectivity index (χ4v) is 2.89. The van der Waals surface area contributed by atoms with E-state index in [0.29, 0.717) is 19.0 Å². The number of hydrogen-bond acceptors (Lipinski definition) is 3. The van der Waals surface area contributed by atoms with E-state index in [1.165, 1.54) is 5.56 Å². The number of rotatable bonds is 5. The van der Waals surface area contributed by atoms with Gasteiger partial charge in [-0.05, 0) is 18.1 Å². The summed E-state index contributed by atoms with van der Waals surface area (Å²) in [4.78, 5) is 12.0. The van der Waals surface area contributed by atoms with Gasteiger partial charge in [-0.3, -0.25) is 4.68 Å². The second kappa shape index (κ2) is 7.28. The third-order valence-electron chi connectivity index (χ3n) is 4.22. The molecular formula is C17H22N4O2. The summed E-state index contributed by atoms with van der Waals surface area (Å²) in [6.45, 7) is 1.81. The quantitative estimate of drug-likeness (QED) is 0.887. The Kier molecular flexibility index (Phi) is 4.92. The molecule has 122 valence electrons. The highest BCUT2D eigenvalue weighted by molar-refractivity contribution is 5.73. The van der Waals surface area contributed by atoms with Gasteiger partial charge >= 0.3 is 6.03 Å². The summed E-state index contributed by atoms with van der Waals surface area (Å²) in [5, 5.41) is 9.87. The van der Waals surface area contributed by atoms with Gasteiger partial charge in [0, 0.05) is 32.3 Å². The van der Waals surface area contributed by atoms with Crippen molar-refractivity contribution >= 4 is 6.03 Å². The van der Waals surface area contributed by atoms with Crippen molar-refractivity contribution in [3.8, 4) is 0 Å². The number of hydrogen-bond donors (Lipinski definition) is 2. The van der Waals surface area contributed by atoms with Crippen molar-refractivity contribution in [2.75, 3.05) is 13.2 Å². The van der Waals surface area contributed by atoms with Crippen LogP contribution in [-0.4, -0.2) is 29.0 Å². The predicted molar refractivity (Wildman–Crippen MR) is 86.7 cm³/mol. The highest BCUT2D eigenvalue weighted by atomic mass is 16.5. The number of aromatic nitrogens is 2. The average Bonchev–Trinajstić information content (AvgIpc) is 3.20. The Bertz CT molecular complexity index is 641. The molecule has 1 saturated heterocycles. The van der Waals surface area contributed by atoms with Crippen LogP contribution >= 0.6 is 0 Å². The molecule has 2 amide bonds. The molecule has 1 aromatic heterocycles. The zero-order valence-corrected chi connectivity index (χ0v) is 13.2. The van der Waals surface area contributed by atoms with Gasteiger partial charge in [0.15, 0.2) is 0 Å². The van der Waals surface area contributed by atoms with Crippen LogP contribution in [0.25, 0.3) is 0 Å². The molecule has 1 aromatic carbocycles. The van der Waals surface area contributed by atoms with Crippen molar-refractivity contribution in [3.05, 3.63) is 53.9 Å². The number of ether oxygens (including phenoxy) is 1. The summed E-state index contributed by atoms with van der Waals surface area (Å²) in [5.74, 6) is 0.305. The largest absolute Gasteiger partial charge is 0.373 e. The maximum Gasteiger partial charge on any atom is 0.315 e.